The lowest BCUT2D eigenvalue weighted by atomic mass is 9.89. The number of rotatable bonds is 7. The molecule has 3 heterocycles. The summed E-state index contributed by atoms with van der Waals surface area (Å²) in [4.78, 5) is 56.5. The van der Waals surface area contributed by atoms with Crippen LogP contribution < -0.4 is 10.9 Å². The third-order valence-electron chi connectivity index (χ3n) is 7.75. The van der Waals surface area contributed by atoms with E-state index in [0.29, 0.717) is 24.0 Å². The molecule has 1 N–H and O–H groups in total. The van der Waals surface area contributed by atoms with E-state index in [9.17, 15) is 19.2 Å². The highest BCUT2D eigenvalue weighted by atomic mass is 35.5. The van der Waals surface area contributed by atoms with Gasteiger partial charge in [-0.25, -0.2) is 9.18 Å². The van der Waals surface area contributed by atoms with Crippen LogP contribution in [0.2, 0.25) is 5.02 Å². The van der Waals surface area contributed by atoms with Gasteiger partial charge in [-0.05, 0) is 55.4 Å². The van der Waals surface area contributed by atoms with Gasteiger partial charge in [-0.3, -0.25) is 19.4 Å². The van der Waals surface area contributed by atoms with Crippen molar-refractivity contribution in [1.82, 2.24) is 14.9 Å². The molecule has 200 valence electrons. The number of benzene rings is 1. The van der Waals surface area contributed by atoms with E-state index in [0.717, 1.165) is 25.7 Å². The second-order valence-corrected chi connectivity index (χ2v) is 11.0. The number of fused-ring (bicyclic) bond motifs is 3. The fourth-order valence-corrected chi connectivity index (χ4v) is 5.38. The highest BCUT2D eigenvalue weighted by Crippen LogP contribution is 2.45. The Morgan fingerprint density at radius 3 is 2.59 bits per heavy atom. The molecule has 3 aliphatic rings. The molecule has 6 rings (SSSR count). The number of halogens is 2. The van der Waals surface area contributed by atoms with E-state index in [2.05, 4.69) is 10.3 Å². The van der Waals surface area contributed by atoms with Crippen LogP contribution in [0.15, 0.2) is 53.7 Å². The van der Waals surface area contributed by atoms with Crippen LogP contribution in [-0.4, -0.2) is 39.4 Å². The second-order valence-electron chi connectivity index (χ2n) is 10.6. The largest absolute Gasteiger partial charge is 0.456 e. The van der Waals surface area contributed by atoms with Gasteiger partial charge in [0.25, 0.3) is 11.5 Å². The molecule has 2 aromatic heterocycles. The summed E-state index contributed by atoms with van der Waals surface area (Å²) >= 11 is 6.11. The molecule has 1 atom stereocenters. The lowest BCUT2D eigenvalue weighted by Gasteiger charge is -2.26. The molecule has 10 heteroatoms. The Kier molecular flexibility index (Phi) is 6.33. The SMILES string of the molecule is O=C(COC(=O)C(CC1CC1)n1cc2c(cc1=O)-c1c(ccc(Cl)c1F)CC1(CC1)NC2=O)c1ccncc1. The van der Waals surface area contributed by atoms with Crippen LogP contribution in [-0.2, 0) is 16.0 Å². The van der Waals surface area contributed by atoms with Crippen LogP contribution in [0.25, 0.3) is 11.1 Å². The molecule has 2 aliphatic carbocycles. The number of nitrogens with zero attached hydrogens (tertiary/aromatic N) is 2. The molecule has 0 bridgehead atoms. The first-order valence-electron chi connectivity index (χ1n) is 12.9. The lowest BCUT2D eigenvalue weighted by Crippen LogP contribution is -2.41. The summed E-state index contributed by atoms with van der Waals surface area (Å²) < 4.78 is 21.9. The summed E-state index contributed by atoms with van der Waals surface area (Å²) in [5.41, 5.74) is 0.264. The van der Waals surface area contributed by atoms with Crippen molar-refractivity contribution in [3.8, 4) is 11.1 Å². The summed E-state index contributed by atoms with van der Waals surface area (Å²) in [7, 11) is 0. The number of hydrogen-bond acceptors (Lipinski definition) is 6. The molecule has 2 saturated carbocycles. The van der Waals surface area contributed by atoms with Gasteiger partial charge in [-0.2, -0.15) is 0 Å². The monoisotopic (exact) mass is 549 g/mol. The summed E-state index contributed by atoms with van der Waals surface area (Å²) in [5.74, 6) is -2.08. The van der Waals surface area contributed by atoms with Crippen LogP contribution in [0.5, 0.6) is 0 Å². The molecule has 39 heavy (non-hydrogen) atoms. The average molecular weight is 550 g/mol. The number of amides is 1. The van der Waals surface area contributed by atoms with Crippen LogP contribution in [0.4, 0.5) is 4.39 Å². The first-order chi connectivity index (χ1) is 18.7. The average Bonchev–Trinajstić information content (AvgIpc) is 3.86. The third kappa shape index (κ3) is 4.98. The van der Waals surface area contributed by atoms with Crippen LogP contribution in [0, 0.1) is 11.7 Å². The number of ketones is 1. The van der Waals surface area contributed by atoms with E-state index in [1.54, 1.807) is 6.07 Å². The van der Waals surface area contributed by atoms with Gasteiger partial charge in [0.15, 0.2) is 12.4 Å². The van der Waals surface area contributed by atoms with Crippen LogP contribution in [0.3, 0.4) is 0 Å². The topological polar surface area (TPSA) is 107 Å². The van der Waals surface area contributed by atoms with E-state index in [4.69, 9.17) is 16.3 Å². The van der Waals surface area contributed by atoms with Crippen molar-refractivity contribution in [2.75, 3.05) is 6.61 Å². The van der Waals surface area contributed by atoms with Crippen molar-refractivity contribution in [3.05, 3.63) is 86.8 Å². The van der Waals surface area contributed by atoms with Gasteiger partial charge >= 0.3 is 5.97 Å². The zero-order valence-corrected chi connectivity index (χ0v) is 21.7. The number of Topliss-reactive ketones (excluding diaryl/α,β-unsaturated/α-hetero) is 1. The number of nitrogens with one attached hydrogen (secondary N) is 1. The predicted molar refractivity (Wildman–Crippen MR) is 140 cm³/mol. The summed E-state index contributed by atoms with van der Waals surface area (Å²) in [6.07, 6.45) is 8.30. The maximum Gasteiger partial charge on any atom is 0.329 e. The summed E-state index contributed by atoms with van der Waals surface area (Å²) in [5, 5.41) is 2.94. The van der Waals surface area contributed by atoms with Gasteiger partial charge in [0.05, 0.1) is 10.6 Å². The maximum atomic E-state index is 15.4. The lowest BCUT2D eigenvalue weighted by molar-refractivity contribution is -0.147. The van der Waals surface area contributed by atoms with E-state index < -0.39 is 47.2 Å². The molecular formula is C29H25ClFN3O5. The minimum absolute atomic E-state index is 0.0736. The smallest absolute Gasteiger partial charge is 0.329 e. The van der Waals surface area contributed by atoms with Crippen molar-refractivity contribution >= 4 is 29.3 Å². The zero-order chi connectivity index (χ0) is 27.3. The third-order valence-corrected chi connectivity index (χ3v) is 8.04. The second kappa shape index (κ2) is 9.72. The molecule has 1 unspecified atom stereocenters. The number of aromatic nitrogens is 2. The van der Waals surface area contributed by atoms with Gasteiger partial charge < -0.3 is 14.6 Å². The van der Waals surface area contributed by atoms with Crippen molar-refractivity contribution in [2.24, 2.45) is 5.92 Å². The number of esters is 1. The first-order valence-corrected chi connectivity index (χ1v) is 13.3. The van der Waals surface area contributed by atoms with Crippen molar-refractivity contribution in [1.29, 1.82) is 0 Å². The maximum absolute atomic E-state index is 15.4. The molecule has 1 aromatic carbocycles. The highest BCUT2D eigenvalue weighted by Gasteiger charge is 2.46. The van der Waals surface area contributed by atoms with E-state index >= 15 is 4.39 Å². The quantitative estimate of drug-likeness (QED) is 0.348. The Morgan fingerprint density at radius 2 is 1.90 bits per heavy atom. The van der Waals surface area contributed by atoms with E-state index in [1.165, 1.54) is 47.4 Å². The highest BCUT2D eigenvalue weighted by molar-refractivity contribution is 6.31. The molecule has 2 fully saturated rings. The summed E-state index contributed by atoms with van der Waals surface area (Å²) in [6.45, 7) is -0.496. The molecule has 1 aliphatic heterocycles. The van der Waals surface area contributed by atoms with Gasteiger partial charge in [0, 0.05) is 46.9 Å². The van der Waals surface area contributed by atoms with Crippen molar-refractivity contribution in [2.45, 2.75) is 50.1 Å². The number of hydrogen-bond donors (Lipinski definition) is 1. The van der Waals surface area contributed by atoms with Crippen LogP contribution in [0.1, 0.15) is 64.4 Å². The van der Waals surface area contributed by atoms with Gasteiger partial charge in [-0.1, -0.05) is 30.5 Å². The molecule has 8 nitrogen and oxygen atoms in total. The number of pyridine rings is 2. The van der Waals surface area contributed by atoms with Gasteiger partial charge in [0.1, 0.15) is 11.9 Å². The molecular weight excluding hydrogens is 525 g/mol. The minimum Gasteiger partial charge on any atom is -0.456 e. The Balaban J connectivity index is 1.38. The minimum atomic E-state index is -1.04. The number of carbonyl (C=O) groups is 3. The molecule has 1 spiro atoms. The Labute approximate surface area is 228 Å². The normalized spacial score (nSPS) is 17.7. The fourth-order valence-electron chi connectivity index (χ4n) is 5.22. The first kappa shape index (κ1) is 25.4. The van der Waals surface area contributed by atoms with Gasteiger partial charge in [-0.15, -0.1) is 0 Å². The number of carbonyl (C=O) groups excluding carboxylic acids is 3. The summed E-state index contributed by atoms with van der Waals surface area (Å²) in [6, 6.07) is 6.38. The molecule has 0 saturated heterocycles. The van der Waals surface area contributed by atoms with Crippen molar-refractivity contribution in [3.63, 3.8) is 0 Å². The van der Waals surface area contributed by atoms with Crippen LogP contribution >= 0.6 is 11.6 Å². The fraction of sp³-hybridized carbons (Fsp3) is 0.345. The Hall–Kier alpha value is -3.85. The van der Waals surface area contributed by atoms with Gasteiger partial charge in [0.2, 0.25) is 0 Å². The molecule has 3 aromatic rings. The zero-order valence-electron chi connectivity index (χ0n) is 20.9. The Morgan fingerprint density at radius 1 is 1.15 bits per heavy atom. The Bertz CT molecular complexity index is 1560. The number of ether oxygens (including phenoxy) is 1. The standard InChI is InChI=1S/C29H25ClFN3O5/c30-21-4-3-18-13-29(7-8-29)33-27(37)20-14-34(24(36)12-19(20)25(18)26(21)31)22(11-16-1-2-16)28(38)39-15-23(35)17-5-9-32-10-6-17/h3-6,9-10,12,14,16,22H,1-2,7-8,11,13,15H2,(H,33,37). The van der Waals surface area contributed by atoms with E-state index in [1.807, 2.05) is 0 Å². The molecule has 0 radical (unpaired) electrons. The van der Waals surface area contributed by atoms with Crippen molar-refractivity contribution < 1.29 is 23.5 Å². The predicted octanol–water partition coefficient (Wildman–Crippen LogP) is 4.29. The van der Waals surface area contributed by atoms with E-state index in [-0.39, 0.29) is 27.6 Å². The molecule has 1 amide bonds.